The Hall–Kier alpha value is -1.63. The van der Waals surface area contributed by atoms with Crippen LogP contribution in [-0.4, -0.2) is 23.1 Å². The van der Waals surface area contributed by atoms with Crippen LogP contribution in [0.4, 0.5) is 14.9 Å². The highest BCUT2D eigenvalue weighted by molar-refractivity contribution is 9.10. The SMILES string of the molecule is CC(C)(C)[C@H](NC(=O)Nc1ccc(Br)cc1F)C(=O)O. The van der Waals surface area contributed by atoms with Gasteiger partial charge in [0.25, 0.3) is 0 Å². The molecular formula is C13H16BrFN2O3. The third-order valence-corrected chi connectivity index (χ3v) is 3.06. The second-order valence-electron chi connectivity index (χ2n) is 5.36. The summed E-state index contributed by atoms with van der Waals surface area (Å²) in [4.78, 5) is 22.9. The van der Waals surface area contributed by atoms with Gasteiger partial charge < -0.3 is 15.7 Å². The van der Waals surface area contributed by atoms with Crippen molar-refractivity contribution < 1.29 is 19.1 Å². The van der Waals surface area contributed by atoms with E-state index in [1.54, 1.807) is 26.8 Å². The smallest absolute Gasteiger partial charge is 0.326 e. The van der Waals surface area contributed by atoms with Crippen LogP contribution in [0, 0.1) is 11.2 Å². The highest BCUT2D eigenvalue weighted by Gasteiger charge is 2.32. The average molecular weight is 347 g/mol. The van der Waals surface area contributed by atoms with Gasteiger partial charge in [0, 0.05) is 4.47 Å². The van der Waals surface area contributed by atoms with Crippen LogP contribution in [0.1, 0.15) is 20.8 Å². The minimum absolute atomic E-state index is 0.0243. The second-order valence-corrected chi connectivity index (χ2v) is 6.28. The fourth-order valence-electron chi connectivity index (χ4n) is 1.53. The summed E-state index contributed by atoms with van der Waals surface area (Å²) in [5.41, 5.74) is -0.690. The number of amides is 2. The molecule has 0 aliphatic heterocycles. The van der Waals surface area contributed by atoms with Crippen molar-refractivity contribution in [3.63, 3.8) is 0 Å². The van der Waals surface area contributed by atoms with Crippen LogP contribution in [-0.2, 0) is 4.79 Å². The van der Waals surface area contributed by atoms with Crippen LogP contribution < -0.4 is 10.6 Å². The molecule has 7 heteroatoms. The van der Waals surface area contributed by atoms with E-state index < -0.39 is 29.3 Å². The van der Waals surface area contributed by atoms with Gasteiger partial charge in [-0.1, -0.05) is 36.7 Å². The summed E-state index contributed by atoms with van der Waals surface area (Å²) in [5, 5.41) is 13.7. The highest BCUT2D eigenvalue weighted by atomic mass is 79.9. The molecule has 110 valence electrons. The monoisotopic (exact) mass is 346 g/mol. The molecule has 20 heavy (non-hydrogen) atoms. The summed E-state index contributed by atoms with van der Waals surface area (Å²) < 4.78 is 14.1. The fraction of sp³-hybridized carbons (Fsp3) is 0.385. The maximum Gasteiger partial charge on any atom is 0.326 e. The molecule has 0 radical (unpaired) electrons. The van der Waals surface area contributed by atoms with Crippen LogP contribution in [0.3, 0.4) is 0 Å². The molecule has 0 saturated heterocycles. The molecule has 1 aromatic carbocycles. The van der Waals surface area contributed by atoms with Gasteiger partial charge in [-0.3, -0.25) is 0 Å². The number of nitrogens with one attached hydrogen (secondary N) is 2. The summed E-state index contributed by atoms with van der Waals surface area (Å²) in [5.74, 6) is -1.76. The number of hydrogen-bond donors (Lipinski definition) is 3. The van der Waals surface area contributed by atoms with Crippen LogP contribution in [0.25, 0.3) is 0 Å². The predicted octanol–water partition coefficient (Wildman–Crippen LogP) is 3.21. The lowest BCUT2D eigenvalue weighted by Gasteiger charge is -2.27. The molecule has 3 N–H and O–H groups in total. The Bertz CT molecular complexity index is 529. The zero-order valence-electron chi connectivity index (χ0n) is 11.3. The first kappa shape index (κ1) is 16.4. The van der Waals surface area contributed by atoms with Gasteiger partial charge in [-0.2, -0.15) is 0 Å². The van der Waals surface area contributed by atoms with E-state index in [1.165, 1.54) is 12.1 Å². The third kappa shape index (κ3) is 4.48. The molecule has 0 aromatic heterocycles. The molecule has 0 heterocycles. The quantitative estimate of drug-likeness (QED) is 0.786. The summed E-state index contributed by atoms with van der Waals surface area (Å²) in [7, 11) is 0. The van der Waals surface area contributed by atoms with Gasteiger partial charge in [0.1, 0.15) is 11.9 Å². The summed E-state index contributed by atoms with van der Waals surface area (Å²) in [6, 6.07) is 2.30. The number of aliphatic carboxylic acids is 1. The molecule has 0 aliphatic carbocycles. The molecule has 0 unspecified atom stereocenters. The van der Waals surface area contributed by atoms with Gasteiger partial charge in [0.2, 0.25) is 0 Å². The van der Waals surface area contributed by atoms with Crippen LogP contribution >= 0.6 is 15.9 Å². The van der Waals surface area contributed by atoms with Gasteiger partial charge in [0.05, 0.1) is 5.69 Å². The van der Waals surface area contributed by atoms with E-state index in [0.29, 0.717) is 4.47 Å². The molecule has 1 atom stereocenters. The summed E-state index contributed by atoms with van der Waals surface area (Å²) in [6.45, 7) is 5.06. The highest BCUT2D eigenvalue weighted by Crippen LogP contribution is 2.21. The van der Waals surface area contributed by atoms with Crippen molar-refractivity contribution in [1.82, 2.24) is 5.32 Å². The maximum atomic E-state index is 13.6. The molecular weight excluding hydrogens is 331 g/mol. The van der Waals surface area contributed by atoms with Crippen molar-refractivity contribution in [2.45, 2.75) is 26.8 Å². The first-order valence-electron chi connectivity index (χ1n) is 5.86. The minimum atomic E-state index is -1.15. The molecule has 0 fully saturated rings. The third-order valence-electron chi connectivity index (χ3n) is 2.57. The van der Waals surface area contributed by atoms with Crippen molar-refractivity contribution in [3.05, 3.63) is 28.5 Å². The lowest BCUT2D eigenvalue weighted by atomic mass is 9.87. The number of rotatable bonds is 3. The Morgan fingerprint density at radius 3 is 2.40 bits per heavy atom. The van der Waals surface area contributed by atoms with E-state index in [-0.39, 0.29) is 5.69 Å². The molecule has 1 rings (SSSR count). The number of halogens is 2. The van der Waals surface area contributed by atoms with Crippen molar-refractivity contribution >= 4 is 33.6 Å². The van der Waals surface area contributed by atoms with Gasteiger partial charge in [-0.05, 0) is 23.6 Å². The predicted molar refractivity (Wildman–Crippen MR) is 77.1 cm³/mol. The molecule has 5 nitrogen and oxygen atoms in total. The number of anilines is 1. The molecule has 1 aromatic rings. The minimum Gasteiger partial charge on any atom is -0.480 e. The molecule has 0 saturated carbocycles. The normalized spacial score (nSPS) is 12.7. The van der Waals surface area contributed by atoms with E-state index in [9.17, 15) is 14.0 Å². The first-order valence-corrected chi connectivity index (χ1v) is 6.66. The van der Waals surface area contributed by atoms with Gasteiger partial charge in [-0.25, -0.2) is 14.0 Å². The largest absolute Gasteiger partial charge is 0.480 e. The number of benzene rings is 1. The standard InChI is InChI=1S/C13H16BrFN2O3/c1-13(2,3)10(11(18)19)17-12(20)16-9-5-4-7(14)6-8(9)15/h4-6,10H,1-3H3,(H,18,19)(H2,16,17,20)/t10-/m1/s1. The number of hydrogen-bond acceptors (Lipinski definition) is 2. The average Bonchev–Trinajstić information content (AvgIpc) is 2.28. The fourth-order valence-corrected chi connectivity index (χ4v) is 1.86. The maximum absolute atomic E-state index is 13.6. The Morgan fingerprint density at radius 1 is 1.35 bits per heavy atom. The van der Waals surface area contributed by atoms with E-state index in [2.05, 4.69) is 26.6 Å². The number of urea groups is 1. The Kier molecular flexibility index (Phi) is 5.10. The van der Waals surface area contributed by atoms with Gasteiger partial charge >= 0.3 is 12.0 Å². The molecule has 0 spiro atoms. The van der Waals surface area contributed by atoms with E-state index >= 15 is 0 Å². The van der Waals surface area contributed by atoms with Gasteiger partial charge in [-0.15, -0.1) is 0 Å². The molecule has 2 amide bonds. The van der Waals surface area contributed by atoms with E-state index in [1.807, 2.05) is 0 Å². The zero-order valence-corrected chi connectivity index (χ0v) is 12.9. The zero-order chi connectivity index (χ0) is 15.5. The lowest BCUT2D eigenvalue weighted by molar-refractivity contribution is -0.141. The van der Waals surface area contributed by atoms with Crippen LogP contribution in [0.15, 0.2) is 22.7 Å². The summed E-state index contributed by atoms with van der Waals surface area (Å²) in [6.07, 6.45) is 0. The second kappa shape index (κ2) is 6.21. The first-order chi connectivity index (χ1) is 9.11. The number of carboxylic acids is 1. The summed E-state index contributed by atoms with van der Waals surface area (Å²) >= 11 is 3.10. The molecule has 0 bridgehead atoms. The number of carbonyl (C=O) groups excluding carboxylic acids is 1. The topological polar surface area (TPSA) is 78.4 Å². The van der Waals surface area contributed by atoms with Crippen molar-refractivity contribution in [1.29, 1.82) is 0 Å². The van der Waals surface area contributed by atoms with Crippen LogP contribution in [0.2, 0.25) is 0 Å². The van der Waals surface area contributed by atoms with Crippen molar-refractivity contribution in [2.75, 3.05) is 5.32 Å². The Labute approximate surface area is 124 Å². The molecule has 0 aliphatic rings. The van der Waals surface area contributed by atoms with E-state index in [4.69, 9.17) is 5.11 Å². The lowest BCUT2D eigenvalue weighted by Crippen LogP contribution is -2.50. The van der Waals surface area contributed by atoms with Crippen LogP contribution in [0.5, 0.6) is 0 Å². The number of carbonyl (C=O) groups is 2. The van der Waals surface area contributed by atoms with Crippen molar-refractivity contribution in [2.24, 2.45) is 5.41 Å². The van der Waals surface area contributed by atoms with Gasteiger partial charge in [0.15, 0.2) is 0 Å². The van der Waals surface area contributed by atoms with Crippen molar-refractivity contribution in [3.8, 4) is 0 Å². The Morgan fingerprint density at radius 2 is 1.95 bits per heavy atom. The number of carboxylic acid groups (broad SMARTS) is 1. The Balaban J connectivity index is 2.79. The van der Waals surface area contributed by atoms with E-state index in [0.717, 1.165) is 0 Å².